The average Bonchev–Trinajstić information content (AvgIpc) is 2.94. The summed E-state index contributed by atoms with van der Waals surface area (Å²) in [6.45, 7) is 6.16. The number of carbonyl (C=O) groups is 2. The van der Waals surface area contributed by atoms with Crippen LogP contribution < -0.4 is 10.6 Å². The van der Waals surface area contributed by atoms with Crippen molar-refractivity contribution in [3.05, 3.63) is 29.8 Å². The molecule has 3 rings (SSSR count). The third-order valence-electron chi connectivity index (χ3n) is 5.92. The molecule has 0 spiro atoms. The molecular formula is C22H31N3O2. The fourth-order valence-electron chi connectivity index (χ4n) is 3.93. The Morgan fingerprint density at radius 2 is 2.11 bits per heavy atom. The lowest BCUT2D eigenvalue weighted by Gasteiger charge is -2.26. The van der Waals surface area contributed by atoms with Gasteiger partial charge in [0.15, 0.2) is 5.78 Å². The Labute approximate surface area is 162 Å². The smallest absolute Gasteiger partial charge is 0.223 e. The molecule has 0 radical (unpaired) electrons. The van der Waals surface area contributed by atoms with Crippen LogP contribution in [0.4, 0.5) is 5.69 Å². The van der Waals surface area contributed by atoms with Gasteiger partial charge in [-0.05, 0) is 49.9 Å². The van der Waals surface area contributed by atoms with Gasteiger partial charge in [0.1, 0.15) is 0 Å². The Bertz CT molecular complexity index is 705. The Hall–Kier alpha value is -2.01. The number of ketones is 1. The number of benzene rings is 1. The van der Waals surface area contributed by atoms with E-state index in [1.54, 1.807) is 0 Å². The van der Waals surface area contributed by atoms with E-state index >= 15 is 0 Å². The minimum absolute atomic E-state index is 0.0495. The maximum absolute atomic E-state index is 13.1. The summed E-state index contributed by atoms with van der Waals surface area (Å²) in [5.74, 6) is 0.125. The molecule has 1 amide bonds. The molecule has 27 heavy (non-hydrogen) atoms. The van der Waals surface area contributed by atoms with Gasteiger partial charge in [-0.1, -0.05) is 38.5 Å². The molecule has 2 aliphatic rings. The third-order valence-corrected chi connectivity index (χ3v) is 5.92. The van der Waals surface area contributed by atoms with E-state index in [0.717, 1.165) is 50.0 Å². The molecule has 2 aliphatic heterocycles. The monoisotopic (exact) mass is 369 g/mol. The topological polar surface area (TPSA) is 70.6 Å². The second-order valence-electron chi connectivity index (χ2n) is 7.87. The van der Waals surface area contributed by atoms with Gasteiger partial charge in [0.2, 0.25) is 5.91 Å². The molecule has 1 fully saturated rings. The zero-order chi connectivity index (χ0) is 19.2. The standard InChI is InChI=1S/C22H31N3O2/c1-3-15(2)18(22(27)24-17-8-6-11-23-12-10-17)14-20-21(26)13-16-7-4-5-9-19(16)25-20/h4-5,7,9,15,17-18,23H,3,6,8,10-14H2,1-2H3,(H,24,27). The number of hydrogen-bond donors (Lipinski definition) is 2. The molecule has 0 bridgehead atoms. The van der Waals surface area contributed by atoms with Gasteiger partial charge in [0, 0.05) is 24.8 Å². The van der Waals surface area contributed by atoms with Gasteiger partial charge in [-0.15, -0.1) is 0 Å². The van der Waals surface area contributed by atoms with Crippen molar-refractivity contribution in [2.24, 2.45) is 16.8 Å². The number of nitrogens with zero attached hydrogens (tertiary/aromatic N) is 1. The van der Waals surface area contributed by atoms with E-state index in [9.17, 15) is 9.59 Å². The molecule has 2 heterocycles. The fraction of sp³-hybridized carbons (Fsp3) is 0.591. The number of rotatable bonds is 6. The van der Waals surface area contributed by atoms with Crippen molar-refractivity contribution in [1.29, 1.82) is 0 Å². The molecule has 1 saturated heterocycles. The van der Waals surface area contributed by atoms with Crippen LogP contribution in [0.3, 0.4) is 0 Å². The van der Waals surface area contributed by atoms with Crippen LogP contribution >= 0.6 is 0 Å². The predicted molar refractivity (Wildman–Crippen MR) is 108 cm³/mol. The van der Waals surface area contributed by atoms with E-state index in [0.29, 0.717) is 18.6 Å². The molecule has 5 nitrogen and oxygen atoms in total. The molecule has 0 aliphatic carbocycles. The van der Waals surface area contributed by atoms with Crippen LogP contribution in [0.1, 0.15) is 51.5 Å². The van der Waals surface area contributed by atoms with E-state index in [1.165, 1.54) is 0 Å². The van der Waals surface area contributed by atoms with Crippen LogP contribution in [-0.4, -0.2) is 36.5 Å². The first-order chi connectivity index (χ1) is 13.1. The Morgan fingerprint density at radius 1 is 1.30 bits per heavy atom. The number of amides is 1. The SMILES string of the molecule is CCC(C)C(CC1=Nc2ccccc2CC1=O)C(=O)NC1CCCNCC1. The highest BCUT2D eigenvalue weighted by molar-refractivity contribution is 6.42. The number of para-hydroxylation sites is 1. The number of hydrogen-bond acceptors (Lipinski definition) is 4. The van der Waals surface area contributed by atoms with Gasteiger partial charge < -0.3 is 10.6 Å². The highest BCUT2D eigenvalue weighted by Gasteiger charge is 2.31. The molecule has 3 unspecified atom stereocenters. The number of nitrogens with one attached hydrogen (secondary N) is 2. The van der Waals surface area contributed by atoms with E-state index in [4.69, 9.17) is 0 Å². The van der Waals surface area contributed by atoms with Crippen molar-refractivity contribution >= 4 is 23.1 Å². The number of aliphatic imine (C=N–C) groups is 1. The maximum atomic E-state index is 13.1. The van der Waals surface area contributed by atoms with E-state index in [-0.39, 0.29) is 29.6 Å². The largest absolute Gasteiger partial charge is 0.353 e. The fourth-order valence-corrected chi connectivity index (χ4v) is 3.93. The van der Waals surface area contributed by atoms with E-state index in [2.05, 4.69) is 29.5 Å². The normalized spacial score (nSPS) is 22.2. The van der Waals surface area contributed by atoms with Crippen LogP contribution in [0.15, 0.2) is 29.3 Å². The summed E-state index contributed by atoms with van der Waals surface area (Å²) in [6, 6.07) is 7.99. The first-order valence-electron chi connectivity index (χ1n) is 10.3. The van der Waals surface area contributed by atoms with Crippen LogP contribution in [0.25, 0.3) is 0 Å². The summed E-state index contributed by atoms with van der Waals surface area (Å²) >= 11 is 0. The Morgan fingerprint density at radius 3 is 2.93 bits per heavy atom. The molecule has 146 valence electrons. The molecule has 5 heteroatoms. The van der Waals surface area contributed by atoms with Crippen molar-refractivity contribution < 1.29 is 9.59 Å². The minimum Gasteiger partial charge on any atom is -0.353 e. The van der Waals surface area contributed by atoms with Crippen LogP contribution in [0, 0.1) is 11.8 Å². The summed E-state index contributed by atoms with van der Waals surface area (Å²) in [6.07, 6.45) is 4.78. The molecular weight excluding hydrogens is 338 g/mol. The van der Waals surface area contributed by atoms with Gasteiger partial charge in [-0.25, -0.2) is 4.99 Å². The van der Waals surface area contributed by atoms with Gasteiger partial charge in [-0.3, -0.25) is 9.59 Å². The Balaban J connectivity index is 1.74. The van der Waals surface area contributed by atoms with Gasteiger partial charge in [0.05, 0.1) is 11.4 Å². The van der Waals surface area contributed by atoms with E-state index < -0.39 is 0 Å². The van der Waals surface area contributed by atoms with Crippen molar-refractivity contribution in [2.45, 2.75) is 58.4 Å². The van der Waals surface area contributed by atoms with Crippen molar-refractivity contribution in [3.63, 3.8) is 0 Å². The highest BCUT2D eigenvalue weighted by Crippen LogP contribution is 2.28. The number of carbonyl (C=O) groups excluding carboxylic acids is 2. The van der Waals surface area contributed by atoms with Crippen molar-refractivity contribution in [3.8, 4) is 0 Å². The van der Waals surface area contributed by atoms with Crippen LogP contribution in [0.5, 0.6) is 0 Å². The van der Waals surface area contributed by atoms with Crippen molar-refractivity contribution in [2.75, 3.05) is 13.1 Å². The third kappa shape index (κ3) is 5.04. The van der Waals surface area contributed by atoms with Crippen molar-refractivity contribution in [1.82, 2.24) is 10.6 Å². The first-order valence-corrected chi connectivity index (χ1v) is 10.3. The second-order valence-corrected chi connectivity index (χ2v) is 7.87. The molecule has 1 aromatic carbocycles. The lowest BCUT2D eigenvalue weighted by atomic mass is 9.84. The quantitative estimate of drug-likeness (QED) is 0.809. The first kappa shape index (κ1) is 19.7. The summed E-state index contributed by atoms with van der Waals surface area (Å²) in [4.78, 5) is 30.2. The minimum atomic E-state index is -0.209. The lowest BCUT2D eigenvalue weighted by Crippen LogP contribution is -2.42. The molecule has 1 aromatic rings. The highest BCUT2D eigenvalue weighted by atomic mass is 16.2. The van der Waals surface area contributed by atoms with Crippen LogP contribution in [0.2, 0.25) is 0 Å². The van der Waals surface area contributed by atoms with E-state index in [1.807, 2.05) is 24.3 Å². The maximum Gasteiger partial charge on any atom is 0.223 e. The molecule has 3 atom stereocenters. The van der Waals surface area contributed by atoms with Gasteiger partial charge in [0.25, 0.3) is 0 Å². The number of fused-ring (bicyclic) bond motifs is 1. The second kappa shape index (κ2) is 9.27. The zero-order valence-electron chi connectivity index (χ0n) is 16.5. The van der Waals surface area contributed by atoms with Gasteiger partial charge >= 0.3 is 0 Å². The average molecular weight is 370 g/mol. The summed E-state index contributed by atoms with van der Waals surface area (Å²) in [5.41, 5.74) is 2.39. The Kier molecular flexibility index (Phi) is 6.78. The summed E-state index contributed by atoms with van der Waals surface area (Å²) in [7, 11) is 0. The lowest BCUT2D eigenvalue weighted by molar-refractivity contribution is -0.127. The molecule has 0 aromatic heterocycles. The summed E-state index contributed by atoms with van der Waals surface area (Å²) in [5, 5.41) is 6.63. The molecule has 0 saturated carbocycles. The predicted octanol–water partition coefficient (Wildman–Crippen LogP) is 3.20. The van der Waals surface area contributed by atoms with Gasteiger partial charge in [-0.2, -0.15) is 0 Å². The molecule has 2 N–H and O–H groups in total. The number of Topliss-reactive ketones (excluding diaryl/α,β-unsaturated/α-hetero) is 1. The summed E-state index contributed by atoms with van der Waals surface area (Å²) < 4.78 is 0. The van der Waals surface area contributed by atoms with Crippen LogP contribution in [-0.2, 0) is 16.0 Å². The zero-order valence-corrected chi connectivity index (χ0v) is 16.5.